The number of thiazole rings is 1. The van der Waals surface area contributed by atoms with E-state index in [0.29, 0.717) is 0 Å². The molecule has 164 valence electrons. The Morgan fingerprint density at radius 1 is 1.10 bits per heavy atom. The molecule has 0 aliphatic carbocycles. The number of anilines is 1. The average molecular weight is 429 g/mol. The molecule has 0 unspecified atom stereocenters. The van der Waals surface area contributed by atoms with Gasteiger partial charge in [0.25, 0.3) is 0 Å². The number of aromatic nitrogens is 1. The number of hydrogen-bond acceptors (Lipinski definition) is 5. The molecule has 1 aliphatic rings. The highest BCUT2D eigenvalue weighted by molar-refractivity contribution is 7.11. The van der Waals surface area contributed by atoms with Crippen LogP contribution in [0, 0.1) is 20.8 Å². The summed E-state index contributed by atoms with van der Waals surface area (Å²) in [6.45, 7) is 13.7. The summed E-state index contributed by atoms with van der Waals surface area (Å²) in [4.78, 5) is 15.3. The molecule has 30 heavy (non-hydrogen) atoms. The zero-order chi connectivity index (χ0) is 21.3. The molecule has 3 rings (SSSR count). The average Bonchev–Trinajstić information content (AvgIpc) is 3.08. The summed E-state index contributed by atoms with van der Waals surface area (Å²) >= 11 is 1.75. The third kappa shape index (κ3) is 6.71. The largest absolute Gasteiger partial charge is 0.369 e. The first-order valence-corrected chi connectivity index (χ1v) is 11.8. The van der Waals surface area contributed by atoms with Crippen LogP contribution in [0.15, 0.2) is 29.3 Å². The first kappa shape index (κ1) is 22.6. The molecule has 0 spiro atoms. The summed E-state index contributed by atoms with van der Waals surface area (Å²) in [7, 11) is 1.82. The van der Waals surface area contributed by atoms with Gasteiger partial charge in [-0.25, -0.2) is 4.98 Å². The molecule has 1 saturated heterocycles. The lowest BCUT2D eigenvalue weighted by molar-refractivity contribution is 0.253. The van der Waals surface area contributed by atoms with E-state index in [1.54, 1.807) is 11.3 Å². The molecule has 2 aromatic rings. The number of rotatable bonds is 8. The Bertz CT molecular complexity index is 803. The number of nitrogens with one attached hydrogen (secondary N) is 2. The second kappa shape index (κ2) is 11.3. The van der Waals surface area contributed by atoms with Crippen LogP contribution in [0.2, 0.25) is 0 Å². The van der Waals surface area contributed by atoms with Crippen molar-refractivity contribution in [3.63, 3.8) is 0 Å². The third-order valence-corrected chi connectivity index (χ3v) is 6.71. The zero-order valence-electron chi connectivity index (χ0n) is 18.9. The molecule has 1 aliphatic heterocycles. The lowest BCUT2D eigenvalue weighted by Gasteiger charge is -2.36. The SMILES string of the molecule is CN=C(NCCCCN1CCN(c2cccc(C)c2)CC1)NCc1nc(C)c(C)s1. The van der Waals surface area contributed by atoms with Crippen LogP contribution in [-0.4, -0.2) is 62.2 Å². The predicted molar refractivity (Wildman–Crippen MR) is 129 cm³/mol. The molecule has 2 N–H and O–H groups in total. The predicted octanol–water partition coefficient (Wildman–Crippen LogP) is 3.34. The molecule has 6 nitrogen and oxygen atoms in total. The Labute approximate surface area is 185 Å². The Morgan fingerprint density at radius 3 is 2.57 bits per heavy atom. The second-order valence-electron chi connectivity index (χ2n) is 7.98. The van der Waals surface area contributed by atoms with Gasteiger partial charge in [-0.05, 0) is 57.9 Å². The van der Waals surface area contributed by atoms with E-state index in [4.69, 9.17) is 0 Å². The molecule has 0 atom stereocenters. The molecule has 0 saturated carbocycles. The van der Waals surface area contributed by atoms with Crippen LogP contribution in [0.5, 0.6) is 0 Å². The normalized spacial score (nSPS) is 15.5. The van der Waals surface area contributed by atoms with Crippen molar-refractivity contribution < 1.29 is 0 Å². The van der Waals surface area contributed by atoms with Crippen LogP contribution < -0.4 is 15.5 Å². The van der Waals surface area contributed by atoms with Crippen molar-refractivity contribution in [2.24, 2.45) is 4.99 Å². The lowest BCUT2D eigenvalue weighted by Crippen LogP contribution is -2.46. The van der Waals surface area contributed by atoms with Gasteiger partial charge in [0, 0.05) is 50.3 Å². The molecule has 0 radical (unpaired) electrons. The van der Waals surface area contributed by atoms with Gasteiger partial charge in [-0.15, -0.1) is 11.3 Å². The van der Waals surface area contributed by atoms with Gasteiger partial charge in [0.2, 0.25) is 0 Å². The van der Waals surface area contributed by atoms with E-state index in [-0.39, 0.29) is 0 Å². The number of unbranched alkanes of at least 4 members (excludes halogenated alkanes) is 1. The molecule has 1 aromatic heterocycles. The van der Waals surface area contributed by atoms with Crippen LogP contribution in [0.25, 0.3) is 0 Å². The van der Waals surface area contributed by atoms with Crippen molar-refractivity contribution in [1.82, 2.24) is 20.5 Å². The van der Waals surface area contributed by atoms with Gasteiger partial charge < -0.3 is 15.5 Å². The minimum atomic E-state index is 0.726. The Kier molecular flexibility index (Phi) is 8.51. The fraction of sp³-hybridized carbons (Fsp3) is 0.565. The molecule has 0 bridgehead atoms. The fourth-order valence-electron chi connectivity index (χ4n) is 3.72. The van der Waals surface area contributed by atoms with Crippen molar-refractivity contribution in [2.75, 3.05) is 51.2 Å². The third-order valence-electron chi connectivity index (χ3n) is 5.64. The smallest absolute Gasteiger partial charge is 0.191 e. The van der Waals surface area contributed by atoms with Crippen molar-refractivity contribution in [3.8, 4) is 0 Å². The summed E-state index contributed by atoms with van der Waals surface area (Å²) < 4.78 is 0. The van der Waals surface area contributed by atoms with Crippen molar-refractivity contribution in [3.05, 3.63) is 45.4 Å². The summed E-state index contributed by atoms with van der Waals surface area (Å²) in [5.74, 6) is 0.854. The van der Waals surface area contributed by atoms with Crippen LogP contribution in [-0.2, 0) is 6.54 Å². The number of piperazine rings is 1. The minimum absolute atomic E-state index is 0.726. The van der Waals surface area contributed by atoms with E-state index >= 15 is 0 Å². The van der Waals surface area contributed by atoms with Crippen molar-refractivity contribution >= 4 is 23.0 Å². The van der Waals surface area contributed by atoms with Crippen molar-refractivity contribution in [2.45, 2.75) is 40.2 Å². The molecule has 7 heteroatoms. The van der Waals surface area contributed by atoms with E-state index < -0.39 is 0 Å². The molecule has 1 aromatic carbocycles. The number of benzene rings is 1. The first-order chi connectivity index (χ1) is 14.5. The maximum absolute atomic E-state index is 4.57. The van der Waals surface area contributed by atoms with Crippen molar-refractivity contribution in [1.29, 1.82) is 0 Å². The van der Waals surface area contributed by atoms with Gasteiger partial charge in [0.15, 0.2) is 5.96 Å². The zero-order valence-corrected chi connectivity index (χ0v) is 19.7. The highest BCUT2D eigenvalue weighted by atomic mass is 32.1. The van der Waals surface area contributed by atoms with Gasteiger partial charge in [-0.3, -0.25) is 9.89 Å². The standard InChI is InChI=1S/C23H36N6S/c1-18-8-7-9-21(16-18)29-14-12-28(13-15-29)11-6-5-10-25-23(24-4)26-17-22-27-19(2)20(3)30-22/h7-9,16H,5-6,10-15,17H2,1-4H3,(H2,24,25,26). The number of aliphatic imine (C=N–C) groups is 1. The summed E-state index contributed by atoms with van der Waals surface area (Å²) in [5, 5.41) is 7.89. The van der Waals surface area contributed by atoms with Gasteiger partial charge >= 0.3 is 0 Å². The maximum atomic E-state index is 4.57. The summed E-state index contributed by atoms with van der Waals surface area (Å²) in [6.07, 6.45) is 2.35. The van der Waals surface area contributed by atoms with E-state index in [1.165, 1.54) is 29.1 Å². The fourth-order valence-corrected chi connectivity index (χ4v) is 4.59. The quantitative estimate of drug-likeness (QED) is 0.384. The number of guanidine groups is 1. The van der Waals surface area contributed by atoms with Gasteiger partial charge in [-0.2, -0.15) is 0 Å². The van der Waals surface area contributed by atoms with Crippen LogP contribution in [0.3, 0.4) is 0 Å². The Hall–Kier alpha value is -2.12. The van der Waals surface area contributed by atoms with E-state index in [0.717, 1.165) is 62.4 Å². The first-order valence-electron chi connectivity index (χ1n) is 11.0. The number of hydrogen-bond donors (Lipinski definition) is 2. The monoisotopic (exact) mass is 428 g/mol. The summed E-state index contributed by atoms with van der Waals surface area (Å²) in [5.41, 5.74) is 3.82. The van der Waals surface area contributed by atoms with Gasteiger partial charge in [0.05, 0.1) is 12.2 Å². The maximum Gasteiger partial charge on any atom is 0.191 e. The Morgan fingerprint density at radius 2 is 1.90 bits per heavy atom. The van der Waals surface area contributed by atoms with E-state index in [2.05, 4.69) is 75.4 Å². The molecular weight excluding hydrogens is 392 g/mol. The van der Waals surface area contributed by atoms with Gasteiger partial charge in [-0.1, -0.05) is 12.1 Å². The topological polar surface area (TPSA) is 55.8 Å². The number of aryl methyl sites for hydroxylation is 3. The van der Waals surface area contributed by atoms with Crippen LogP contribution >= 0.6 is 11.3 Å². The van der Waals surface area contributed by atoms with Gasteiger partial charge in [0.1, 0.15) is 5.01 Å². The minimum Gasteiger partial charge on any atom is -0.369 e. The second-order valence-corrected chi connectivity index (χ2v) is 9.26. The number of nitrogens with zero attached hydrogens (tertiary/aromatic N) is 4. The molecule has 0 amide bonds. The molecule has 2 heterocycles. The van der Waals surface area contributed by atoms with Crippen LogP contribution in [0.1, 0.15) is 34.0 Å². The van der Waals surface area contributed by atoms with Crippen LogP contribution in [0.4, 0.5) is 5.69 Å². The van der Waals surface area contributed by atoms with E-state index in [9.17, 15) is 0 Å². The summed E-state index contributed by atoms with van der Waals surface area (Å²) in [6, 6.07) is 8.84. The lowest BCUT2D eigenvalue weighted by atomic mass is 10.2. The van der Waals surface area contributed by atoms with E-state index in [1.807, 2.05) is 7.05 Å². The Balaban J connectivity index is 1.28. The highest BCUT2D eigenvalue weighted by Crippen LogP contribution is 2.18. The molecule has 1 fully saturated rings. The molecular formula is C23H36N6S. The highest BCUT2D eigenvalue weighted by Gasteiger charge is 2.16.